The van der Waals surface area contributed by atoms with Crippen molar-refractivity contribution >= 4 is 15.9 Å². The third-order valence-corrected chi connectivity index (χ3v) is 12.5. The lowest BCUT2D eigenvalue weighted by Crippen LogP contribution is -2.18. The first kappa shape index (κ1) is 16.0. The van der Waals surface area contributed by atoms with Crippen molar-refractivity contribution in [1.29, 1.82) is 0 Å². The van der Waals surface area contributed by atoms with Crippen LogP contribution < -0.4 is 0 Å². The van der Waals surface area contributed by atoms with E-state index in [0.717, 1.165) is 11.3 Å². The normalized spacial score (nSPS) is 22.3. The van der Waals surface area contributed by atoms with Crippen LogP contribution in [0.3, 0.4) is 0 Å². The fourth-order valence-corrected chi connectivity index (χ4v) is 11.8. The summed E-state index contributed by atoms with van der Waals surface area (Å²) in [5.41, 5.74) is 3.83. The van der Waals surface area contributed by atoms with Crippen molar-refractivity contribution in [2.24, 2.45) is 0 Å². The molecule has 21 heavy (non-hydrogen) atoms. The summed E-state index contributed by atoms with van der Waals surface area (Å²) in [6.07, 6.45) is 16.7. The molecule has 0 radical (unpaired) electrons. The van der Waals surface area contributed by atoms with E-state index in [9.17, 15) is 0 Å². The molecule has 1 aromatic rings. The molecular formula is C19H30P2. The fourth-order valence-electron chi connectivity index (χ4n) is 4.05. The van der Waals surface area contributed by atoms with Crippen LogP contribution in [0.5, 0.6) is 0 Å². The number of benzene rings is 1. The smallest absolute Gasteiger partial charge is 0.00615 e. The highest BCUT2D eigenvalue weighted by Crippen LogP contribution is 2.68. The molecule has 0 bridgehead atoms. The maximum Gasteiger partial charge on any atom is -0.00615 e. The molecule has 0 heterocycles. The Hall–Kier alpha value is 0.0800. The average Bonchev–Trinajstić information content (AvgIpc) is 2.58. The summed E-state index contributed by atoms with van der Waals surface area (Å²) in [6.45, 7) is 0. The van der Waals surface area contributed by atoms with Gasteiger partial charge in [-0.15, -0.1) is 0 Å². The van der Waals surface area contributed by atoms with Crippen LogP contribution in [0.4, 0.5) is 0 Å². The Labute approximate surface area is 133 Å². The molecule has 0 amide bonds. The van der Waals surface area contributed by atoms with Gasteiger partial charge in [-0.25, -0.2) is 0 Å². The van der Waals surface area contributed by atoms with Gasteiger partial charge in [-0.1, -0.05) is 84.7 Å². The summed E-state index contributed by atoms with van der Waals surface area (Å²) in [5, 5.41) is 0. The van der Waals surface area contributed by atoms with Crippen molar-refractivity contribution in [2.45, 2.75) is 81.7 Å². The fraction of sp³-hybridized carbons (Fsp3) is 0.684. The predicted molar refractivity (Wildman–Crippen MR) is 99.1 cm³/mol. The minimum atomic E-state index is 0.307. The molecule has 116 valence electrons. The van der Waals surface area contributed by atoms with Gasteiger partial charge in [0.2, 0.25) is 0 Å². The van der Waals surface area contributed by atoms with Gasteiger partial charge in [-0.3, -0.25) is 0 Å². The molecule has 1 atom stereocenters. The van der Waals surface area contributed by atoms with E-state index in [1.54, 1.807) is 31.2 Å². The van der Waals surface area contributed by atoms with Gasteiger partial charge in [0.15, 0.2) is 0 Å². The zero-order valence-corrected chi connectivity index (χ0v) is 15.2. The standard InChI is InChI=1S/C19H30P2/c1-4-10-17(11-5-1)16-20-21(18-12-6-2-7-13-18)19-14-8-3-9-15-19/h1,4-5,10-11,18-20H,2-3,6-9,12-16H2. The minimum absolute atomic E-state index is 0.307. The Balaban J connectivity index is 1.62. The van der Waals surface area contributed by atoms with Crippen molar-refractivity contribution < 1.29 is 0 Å². The van der Waals surface area contributed by atoms with E-state index in [0.29, 0.717) is 7.61 Å². The molecule has 2 heteroatoms. The predicted octanol–water partition coefficient (Wildman–Crippen LogP) is 6.93. The van der Waals surface area contributed by atoms with Crippen LogP contribution >= 0.6 is 15.9 Å². The lowest BCUT2D eigenvalue weighted by atomic mass is 10.00. The zero-order chi connectivity index (χ0) is 14.3. The van der Waals surface area contributed by atoms with Crippen LogP contribution in [0.25, 0.3) is 0 Å². The van der Waals surface area contributed by atoms with Crippen LogP contribution in [-0.2, 0) is 6.16 Å². The zero-order valence-electron chi connectivity index (χ0n) is 13.3. The first-order valence-corrected chi connectivity index (χ1v) is 12.5. The lowest BCUT2D eigenvalue weighted by Gasteiger charge is -2.38. The highest BCUT2D eigenvalue weighted by atomic mass is 32.0. The van der Waals surface area contributed by atoms with Crippen LogP contribution in [0.15, 0.2) is 30.3 Å². The molecule has 0 N–H and O–H groups in total. The molecule has 0 spiro atoms. The van der Waals surface area contributed by atoms with Crippen molar-refractivity contribution in [2.75, 3.05) is 0 Å². The molecular weight excluding hydrogens is 290 g/mol. The number of hydrogen-bond donors (Lipinski definition) is 0. The summed E-state index contributed by atoms with van der Waals surface area (Å²) in [5.74, 6) is 0. The van der Waals surface area contributed by atoms with Gasteiger partial charge < -0.3 is 0 Å². The third kappa shape index (κ3) is 4.77. The molecule has 1 unspecified atom stereocenters. The number of hydrogen-bond acceptors (Lipinski definition) is 0. The van der Waals surface area contributed by atoms with Crippen molar-refractivity contribution in [3.05, 3.63) is 35.9 Å². The highest BCUT2D eigenvalue weighted by Gasteiger charge is 2.30. The quantitative estimate of drug-likeness (QED) is 0.516. The second-order valence-corrected chi connectivity index (χ2v) is 12.3. The highest BCUT2D eigenvalue weighted by molar-refractivity contribution is 8.21. The van der Waals surface area contributed by atoms with Crippen LogP contribution in [0, 0.1) is 0 Å². The van der Waals surface area contributed by atoms with E-state index in [2.05, 4.69) is 30.3 Å². The molecule has 0 saturated heterocycles. The topological polar surface area (TPSA) is 0 Å². The van der Waals surface area contributed by atoms with Gasteiger partial charge in [0.1, 0.15) is 0 Å². The minimum Gasteiger partial charge on any atom is -0.0910 e. The first-order chi connectivity index (χ1) is 10.4. The van der Waals surface area contributed by atoms with Gasteiger partial charge in [0, 0.05) is 0 Å². The first-order valence-electron chi connectivity index (χ1n) is 8.99. The average molecular weight is 320 g/mol. The molecule has 2 fully saturated rings. The monoisotopic (exact) mass is 320 g/mol. The molecule has 1 aromatic carbocycles. The van der Waals surface area contributed by atoms with Crippen LogP contribution in [-0.4, -0.2) is 11.3 Å². The maximum atomic E-state index is 2.34. The largest absolute Gasteiger partial charge is 0.0910 e. The Bertz CT molecular complexity index is 373. The van der Waals surface area contributed by atoms with Gasteiger partial charge in [-0.2, -0.15) is 0 Å². The Morgan fingerprint density at radius 1 is 0.762 bits per heavy atom. The molecule has 2 saturated carbocycles. The third-order valence-electron chi connectivity index (χ3n) is 5.24. The van der Waals surface area contributed by atoms with E-state index in [-0.39, 0.29) is 0 Å². The van der Waals surface area contributed by atoms with E-state index in [4.69, 9.17) is 0 Å². The van der Waals surface area contributed by atoms with E-state index in [1.807, 2.05) is 0 Å². The Kier molecular flexibility index (Phi) is 6.57. The SMILES string of the molecule is c1ccc(CPP(C2CCCCC2)C2CCCCC2)cc1. The van der Waals surface area contributed by atoms with E-state index in [1.165, 1.54) is 53.0 Å². The molecule has 2 aliphatic carbocycles. The Morgan fingerprint density at radius 2 is 1.29 bits per heavy atom. The molecule has 0 aliphatic heterocycles. The molecule has 0 nitrogen and oxygen atoms in total. The number of rotatable bonds is 5. The van der Waals surface area contributed by atoms with Gasteiger partial charge >= 0.3 is 0 Å². The second-order valence-electron chi connectivity index (χ2n) is 6.81. The maximum absolute atomic E-state index is 2.34. The summed E-state index contributed by atoms with van der Waals surface area (Å²) in [6, 6.07) is 11.2. The lowest BCUT2D eigenvalue weighted by molar-refractivity contribution is 0.488. The van der Waals surface area contributed by atoms with E-state index >= 15 is 0 Å². The van der Waals surface area contributed by atoms with Crippen molar-refractivity contribution in [3.8, 4) is 0 Å². The Morgan fingerprint density at radius 3 is 1.81 bits per heavy atom. The summed E-state index contributed by atoms with van der Waals surface area (Å²) >= 11 is 0. The summed E-state index contributed by atoms with van der Waals surface area (Å²) < 4.78 is 0. The van der Waals surface area contributed by atoms with Gasteiger partial charge in [-0.05, 0) is 48.7 Å². The van der Waals surface area contributed by atoms with Crippen molar-refractivity contribution in [1.82, 2.24) is 0 Å². The second kappa shape index (κ2) is 8.64. The summed E-state index contributed by atoms with van der Waals surface area (Å²) in [7, 11) is 1.53. The van der Waals surface area contributed by atoms with Crippen LogP contribution in [0.1, 0.15) is 69.8 Å². The molecule has 0 aromatic heterocycles. The van der Waals surface area contributed by atoms with Crippen LogP contribution in [0.2, 0.25) is 0 Å². The van der Waals surface area contributed by atoms with Crippen molar-refractivity contribution in [3.63, 3.8) is 0 Å². The van der Waals surface area contributed by atoms with Gasteiger partial charge in [0.05, 0.1) is 0 Å². The summed E-state index contributed by atoms with van der Waals surface area (Å²) in [4.78, 5) is 0. The molecule has 3 rings (SSSR count). The van der Waals surface area contributed by atoms with E-state index < -0.39 is 0 Å². The van der Waals surface area contributed by atoms with Gasteiger partial charge in [0.25, 0.3) is 0 Å². The molecule has 2 aliphatic rings.